The Morgan fingerprint density at radius 3 is 2.83 bits per heavy atom. The number of benzene rings is 1. The Kier molecular flexibility index (Phi) is 2.66. The van der Waals surface area contributed by atoms with Crippen molar-refractivity contribution in [1.29, 1.82) is 5.26 Å². The largest absolute Gasteiger partial charge is 0.192 e. The van der Waals surface area contributed by atoms with Gasteiger partial charge in [0.1, 0.15) is 0 Å². The van der Waals surface area contributed by atoms with Gasteiger partial charge in [0.15, 0.2) is 0 Å². The van der Waals surface area contributed by atoms with Crippen LogP contribution in [-0.4, -0.2) is 0 Å². The summed E-state index contributed by atoms with van der Waals surface area (Å²) in [6.07, 6.45) is 2.74. The van der Waals surface area contributed by atoms with Gasteiger partial charge < -0.3 is 0 Å². The molecule has 1 heteroatoms. The fourth-order valence-corrected chi connectivity index (χ4v) is 1.15. The van der Waals surface area contributed by atoms with Gasteiger partial charge in [0.25, 0.3) is 0 Å². The molecular weight excluding hydrogens is 146 g/mol. The van der Waals surface area contributed by atoms with Crippen LogP contribution in [0.3, 0.4) is 0 Å². The Balaban J connectivity index is 3.04. The lowest BCUT2D eigenvalue weighted by atomic mass is 10.0. The van der Waals surface area contributed by atoms with Gasteiger partial charge in [-0.25, -0.2) is 0 Å². The van der Waals surface area contributed by atoms with E-state index >= 15 is 0 Å². The first kappa shape index (κ1) is 8.55. The van der Waals surface area contributed by atoms with E-state index in [1.54, 1.807) is 0 Å². The van der Waals surface area contributed by atoms with E-state index in [0.29, 0.717) is 0 Å². The van der Waals surface area contributed by atoms with Crippen LogP contribution in [0.1, 0.15) is 16.7 Å². The second-order valence-corrected chi connectivity index (χ2v) is 2.75. The first-order valence-electron chi connectivity index (χ1n) is 3.88. The maximum atomic E-state index is 8.61. The van der Waals surface area contributed by atoms with Crippen molar-refractivity contribution < 1.29 is 0 Å². The van der Waals surface area contributed by atoms with Crippen molar-refractivity contribution in [2.75, 3.05) is 0 Å². The Hall–Kier alpha value is -1.55. The Labute approximate surface area is 73.0 Å². The van der Waals surface area contributed by atoms with E-state index in [-0.39, 0.29) is 0 Å². The van der Waals surface area contributed by atoms with Crippen LogP contribution in [0.4, 0.5) is 0 Å². The van der Waals surface area contributed by atoms with Gasteiger partial charge >= 0.3 is 0 Å². The lowest BCUT2D eigenvalue weighted by molar-refractivity contribution is 1.21. The van der Waals surface area contributed by atoms with Gasteiger partial charge in [-0.15, -0.1) is 6.58 Å². The van der Waals surface area contributed by atoms with E-state index in [9.17, 15) is 0 Å². The maximum Gasteiger partial charge on any atom is 0.0991 e. The summed E-state index contributed by atoms with van der Waals surface area (Å²) in [4.78, 5) is 0. The summed E-state index contributed by atoms with van der Waals surface area (Å²) in [5, 5.41) is 8.61. The molecule has 1 aromatic carbocycles. The lowest BCUT2D eigenvalue weighted by Crippen LogP contribution is -1.87. The van der Waals surface area contributed by atoms with Gasteiger partial charge in [-0.3, -0.25) is 0 Å². The van der Waals surface area contributed by atoms with E-state index < -0.39 is 0 Å². The summed E-state index contributed by atoms with van der Waals surface area (Å²) in [6.45, 7) is 5.69. The fourth-order valence-electron chi connectivity index (χ4n) is 1.15. The number of allylic oxidation sites excluding steroid dienone is 1. The molecule has 0 atom stereocenters. The van der Waals surface area contributed by atoms with Crippen LogP contribution in [0.5, 0.6) is 0 Å². The molecule has 0 saturated carbocycles. The van der Waals surface area contributed by atoms with E-state index in [1.165, 1.54) is 5.56 Å². The first-order valence-corrected chi connectivity index (χ1v) is 3.88. The minimum atomic E-state index is 0.723. The number of rotatable bonds is 2. The van der Waals surface area contributed by atoms with Gasteiger partial charge in [0.2, 0.25) is 0 Å². The van der Waals surface area contributed by atoms with Crippen LogP contribution < -0.4 is 0 Å². The van der Waals surface area contributed by atoms with Crippen LogP contribution >= 0.6 is 0 Å². The molecule has 0 N–H and O–H groups in total. The molecule has 0 fully saturated rings. The number of hydrogen-bond donors (Lipinski definition) is 0. The highest BCUT2D eigenvalue weighted by Crippen LogP contribution is 2.11. The highest BCUT2D eigenvalue weighted by Gasteiger charge is 1.96. The molecule has 60 valence electrons. The molecule has 0 spiro atoms. The number of nitriles is 1. The maximum absolute atomic E-state index is 8.61. The average molecular weight is 157 g/mol. The molecule has 0 aliphatic carbocycles. The molecule has 0 saturated heterocycles. The Morgan fingerprint density at radius 2 is 2.33 bits per heavy atom. The molecular formula is C11H11N. The SMILES string of the molecule is C=CCc1ccc(C#N)cc1C. The molecule has 1 rings (SSSR count). The zero-order chi connectivity index (χ0) is 8.97. The van der Waals surface area contributed by atoms with Crippen molar-refractivity contribution >= 4 is 0 Å². The molecule has 0 heterocycles. The molecule has 0 amide bonds. The number of nitrogens with zero attached hydrogens (tertiary/aromatic N) is 1. The standard InChI is InChI=1S/C11H11N/c1-3-4-11-6-5-10(8-12)7-9(11)2/h3,5-7H,1,4H2,2H3. The third-order valence-corrected chi connectivity index (χ3v) is 1.84. The van der Waals surface area contributed by atoms with Crippen LogP contribution in [0.25, 0.3) is 0 Å². The number of aryl methyl sites for hydroxylation is 1. The normalized spacial score (nSPS) is 9.00. The van der Waals surface area contributed by atoms with E-state index in [1.807, 2.05) is 31.2 Å². The molecule has 0 radical (unpaired) electrons. The second-order valence-electron chi connectivity index (χ2n) is 2.75. The van der Waals surface area contributed by atoms with Crippen molar-refractivity contribution in [2.45, 2.75) is 13.3 Å². The summed E-state index contributed by atoms with van der Waals surface area (Å²) in [5.74, 6) is 0. The summed E-state index contributed by atoms with van der Waals surface area (Å²) in [6, 6.07) is 7.83. The van der Waals surface area contributed by atoms with Crippen LogP contribution in [-0.2, 0) is 6.42 Å². The average Bonchev–Trinajstić information content (AvgIpc) is 2.09. The third-order valence-electron chi connectivity index (χ3n) is 1.84. The fraction of sp³-hybridized carbons (Fsp3) is 0.182. The van der Waals surface area contributed by atoms with Crippen LogP contribution in [0.15, 0.2) is 30.9 Å². The topological polar surface area (TPSA) is 23.8 Å². The number of hydrogen-bond acceptors (Lipinski definition) is 1. The zero-order valence-corrected chi connectivity index (χ0v) is 7.17. The van der Waals surface area contributed by atoms with Gasteiger partial charge in [-0.1, -0.05) is 12.1 Å². The molecule has 1 aromatic rings. The molecule has 12 heavy (non-hydrogen) atoms. The summed E-state index contributed by atoms with van der Waals surface area (Å²) < 4.78 is 0. The van der Waals surface area contributed by atoms with Gasteiger partial charge in [0.05, 0.1) is 11.6 Å². The zero-order valence-electron chi connectivity index (χ0n) is 7.17. The quantitative estimate of drug-likeness (QED) is 0.605. The van der Waals surface area contributed by atoms with Crippen molar-refractivity contribution in [2.24, 2.45) is 0 Å². The van der Waals surface area contributed by atoms with Crippen molar-refractivity contribution in [1.82, 2.24) is 0 Å². The van der Waals surface area contributed by atoms with Crippen LogP contribution in [0.2, 0.25) is 0 Å². The molecule has 0 aliphatic rings. The van der Waals surface area contributed by atoms with E-state index in [4.69, 9.17) is 5.26 Å². The first-order chi connectivity index (χ1) is 5.77. The Morgan fingerprint density at radius 1 is 1.58 bits per heavy atom. The van der Waals surface area contributed by atoms with Gasteiger partial charge in [-0.05, 0) is 36.6 Å². The highest BCUT2D eigenvalue weighted by atomic mass is 14.2. The van der Waals surface area contributed by atoms with Gasteiger partial charge in [-0.2, -0.15) is 5.26 Å². The summed E-state index contributed by atoms with van der Waals surface area (Å²) in [7, 11) is 0. The molecule has 0 aromatic heterocycles. The highest BCUT2D eigenvalue weighted by molar-refractivity contribution is 5.38. The van der Waals surface area contributed by atoms with E-state index in [0.717, 1.165) is 17.5 Å². The van der Waals surface area contributed by atoms with Crippen molar-refractivity contribution in [3.8, 4) is 6.07 Å². The van der Waals surface area contributed by atoms with Crippen LogP contribution in [0, 0.1) is 18.3 Å². The second kappa shape index (κ2) is 3.73. The molecule has 1 nitrogen and oxygen atoms in total. The molecule has 0 unspecified atom stereocenters. The summed E-state index contributed by atoms with van der Waals surface area (Å²) in [5.41, 5.74) is 3.12. The smallest absolute Gasteiger partial charge is 0.0991 e. The predicted molar refractivity (Wildman–Crippen MR) is 49.8 cm³/mol. The minimum absolute atomic E-state index is 0.723. The van der Waals surface area contributed by atoms with Crippen molar-refractivity contribution in [3.05, 3.63) is 47.5 Å². The monoisotopic (exact) mass is 157 g/mol. The minimum Gasteiger partial charge on any atom is -0.192 e. The third kappa shape index (κ3) is 1.73. The Bertz CT molecular complexity index is 331. The van der Waals surface area contributed by atoms with Gasteiger partial charge in [0, 0.05) is 0 Å². The summed E-state index contributed by atoms with van der Waals surface area (Å²) >= 11 is 0. The van der Waals surface area contributed by atoms with E-state index in [2.05, 4.69) is 12.6 Å². The van der Waals surface area contributed by atoms with Crippen molar-refractivity contribution in [3.63, 3.8) is 0 Å². The predicted octanol–water partition coefficient (Wildman–Crippen LogP) is 2.60. The molecule has 0 bridgehead atoms. The molecule has 0 aliphatic heterocycles. The lowest BCUT2D eigenvalue weighted by Gasteiger charge is -2.01.